The van der Waals surface area contributed by atoms with E-state index in [9.17, 15) is 13.6 Å². The van der Waals surface area contributed by atoms with Gasteiger partial charge < -0.3 is 5.32 Å². The molecule has 1 amide bonds. The minimum Gasteiger partial charge on any atom is -0.351 e. The highest BCUT2D eigenvalue weighted by atomic mass is 32.2. The zero-order chi connectivity index (χ0) is 17.8. The number of fused-ring (bicyclic) bond motifs is 1. The third-order valence-corrected chi connectivity index (χ3v) is 4.23. The van der Waals surface area contributed by atoms with E-state index in [-0.39, 0.29) is 18.2 Å². The van der Waals surface area contributed by atoms with E-state index >= 15 is 0 Å². The third kappa shape index (κ3) is 4.44. The van der Waals surface area contributed by atoms with Crippen LogP contribution < -0.4 is 5.32 Å². The van der Waals surface area contributed by atoms with Gasteiger partial charge in [-0.3, -0.25) is 4.79 Å². The van der Waals surface area contributed by atoms with Gasteiger partial charge in [-0.1, -0.05) is 11.8 Å². The predicted molar refractivity (Wildman–Crippen MR) is 88.8 cm³/mol. The molecule has 0 aliphatic heterocycles. The first-order valence-electron chi connectivity index (χ1n) is 7.30. The lowest BCUT2D eigenvalue weighted by atomic mass is 10.2. The van der Waals surface area contributed by atoms with Crippen LogP contribution in [0.4, 0.5) is 8.78 Å². The zero-order valence-corrected chi connectivity index (χ0v) is 14.0. The molecule has 2 heterocycles. The summed E-state index contributed by atoms with van der Waals surface area (Å²) < 4.78 is 26.2. The zero-order valence-electron chi connectivity index (χ0n) is 13.2. The first kappa shape index (κ1) is 17.2. The van der Waals surface area contributed by atoms with Crippen LogP contribution in [0.25, 0.3) is 11.0 Å². The first-order valence-corrected chi connectivity index (χ1v) is 8.28. The van der Waals surface area contributed by atoms with Gasteiger partial charge in [0.15, 0.2) is 5.65 Å². The number of rotatable bonds is 5. The Bertz CT molecular complexity index is 917. The highest BCUT2D eigenvalue weighted by Gasteiger charge is 2.10. The summed E-state index contributed by atoms with van der Waals surface area (Å²) in [5.74, 6) is -0.947. The van der Waals surface area contributed by atoms with Crippen LogP contribution in [0.5, 0.6) is 0 Å². The minimum atomic E-state index is -0.679. The number of nitrogens with zero attached hydrogens (tertiary/aromatic N) is 4. The molecule has 0 fully saturated rings. The van der Waals surface area contributed by atoms with Gasteiger partial charge in [0.25, 0.3) is 0 Å². The number of hydrogen-bond donors (Lipinski definition) is 1. The normalized spacial score (nSPS) is 10.8. The van der Waals surface area contributed by atoms with Crippen LogP contribution in [0.15, 0.2) is 35.7 Å². The largest absolute Gasteiger partial charge is 0.351 e. The fourth-order valence-corrected chi connectivity index (χ4v) is 2.92. The molecule has 0 saturated carbocycles. The van der Waals surface area contributed by atoms with Crippen molar-refractivity contribution in [1.82, 2.24) is 25.3 Å². The summed E-state index contributed by atoms with van der Waals surface area (Å²) in [6.45, 7) is 1.80. The Hall–Kier alpha value is -2.68. The molecule has 0 radical (unpaired) electrons. The number of benzene rings is 1. The fraction of sp³-hybridized carbons (Fsp3) is 0.188. The van der Waals surface area contributed by atoms with Crippen LogP contribution in [0, 0.1) is 18.6 Å². The van der Waals surface area contributed by atoms with E-state index in [1.807, 2.05) is 0 Å². The number of thioether (sulfide) groups is 1. The second-order valence-corrected chi connectivity index (χ2v) is 6.14. The van der Waals surface area contributed by atoms with Gasteiger partial charge in [-0.2, -0.15) is 0 Å². The number of amides is 1. The van der Waals surface area contributed by atoms with Crippen molar-refractivity contribution < 1.29 is 13.6 Å². The second kappa shape index (κ2) is 7.47. The van der Waals surface area contributed by atoms with Crippen LogP contribution in [0.1, 0.15) is 11.4 Å². The van der Waals surface area contributed by atoms with Crippen LogP contribution in [0.2, 0.25) is 0 Å². The quantitative estimate of drug-likeness (QED) is 0.555. The Morgan fingerprint density at radius 3 is 2.68 bits per heavy atom. The number of aromatic nitrogens is 4. The van der Waals surface area contributed by atoms with Crippen molar-refractivity contribution in [2.75, 3.05) is 5.75 Å². The van der Waals surface area contributed by atoms with E-state index in [0.717, 1.165) is 6.07 Å². The number of halogens is 2. The first-order chi connectivity index (χ1) is 12.0. The Balaban J connectivity index is 1.61. The number of hydrogen-bond acceptors (Lipinski definition) is 6. The summed E-state index contributed by atoms with van der Waals surface area (Å²) in [7, 11) is 0. The highest BCUT2D eigenvalue weighted by Crippen LogP contribution is 2.22. The number of aryl methyl sites for hydroxylation is 1. The van der Waals surface area contributed by atoms with E-state index < -0.39 is 11.6 Å². The van der Waals surface area contributed by atoms with Gasteiger partial charge in [0.1, 0.15) is 28.8 Å². The Kier molecular flexibility index (Phi) is 5.13. The van der Waals surface area contributed by atoms with Crippen molar-refractivity contribution in [3.05, 3.63) is 53.7 Å². The molecule has 0 bridgehead atoms. The van der Waals surface area contributed by atoms with Crippen molar-refractivity contribution in [3.63, 3.8) is 0 Å². The van der Waals surface area contributed by atoms with Crippen LogP contribution in [0.3, 0.4) is 0 Å². The SMILES string of the molecule is Cc1ncc2c(SCC(=O)NCc3cc(F)cc(F)c3)ncnc2n1. The maximum atomic E-state index is 13.1. The molecule has 1 aromatic carbocycles. The fourth-order valence-electron chi connectivity index (χ4n) is 2.13. The summed E-state index contributed by atoms with van der Waals surface area (Å²) in [6, 6.07) is 3.13. The van der Waals surface area contributed by atoms with Crippen LogP contribution >= 0.6 is 11.8 Å². The summed E-state index contributed by atoms with van der Waals surface area (Å²) in [6.07, 6.45) is 3.00. The average Bonchev–Trinajstić information content (AvgIpc) is 2.57. The molecule has 0 atom stereocenters. The topological polar surface area (TPSA) is 80.7 Å². The van der Waals surface area contributed by atoms with Crippen molar-refractivity contribution in [2.45, 2.75) is 18.5 Å². The molecular weight excluding hydrogens is 348 g/mol. The van der Waals surface area contributed by atoms with Crippen molar-refractivity contribution in [1.29, 1.82) is 0 Å². The molecule has 2 aromatic heterocycles. The lowest BCUT2D eigenvalue weighted by molar-refractivity contribution is -0.118. The van der Waals surface area contributed by atoms with E-state index in [4.69, 9.17) is 0 Å². The van der Waals surface area contributed by atoms with Crippen LogP contribution in [-0.4, -0.2) is 31.6 Å². The predicted octanol–water partition coefficient (Wildman–Crippen LogP) is 2.41. The Morgan fingerprint density at radius 1 is 1.16 bits per heavy atom. The molecule has 3 aromatic rings. The lowest BCUT2D eigenvalue weighted by Gasteiger charge is -2.07. The lowest BCUT2D eigenvalue weighted by Crippen LogP contribution is -2.24. The van der Waals surface area contributed by atoms with Crippen molar-refractivity contribution in [3.8, 4) is 0 Å². The maximum absolute atomic E-state index is 13.1. The molecule has 0 unspecified atom stereocenters. The summed E-state index contributed by atoms with van der Waals surface area (Å²) in [5.41, 5.74) is 0.868. The molecule has 0 aliphatic rings. The van der Waals surface area contributed by atoms with Gasteiger partial charge >= 0.3 is 0 Å². The highest BCUT2D eigenvalue weighted by molar-refractivity contribution is 8.00. The molecule has 0 spiro atoms. The number of nitrogens with one attached hydrogen (secondary N) is 1. The van der Waals surface area contributed by atoms with E-state index in [2.05, 4.69) is 25.3 Å². The van der Waals surface area contributed by atoms with Gasteiger partial charge in [-0.25, -0.2) is 28.7 Å². The number of carbonyl (C=O) groups is 1. The Labute approximate surface area is 146 Å². The molecule has 128 valence electrons. The van der Waals surface area contributed by atoms with Gasteiger partial charge in [0, 0.05) is 18.8 Å². The molecule has 9 heteroatoms. The number of carbonyl (C=O) groups excluding carboxylic acids is 1. The maximum Gasteiger partial charge on any atom is 0.230 e. The molecule has 6 nitrogen and oxygen atoms in total. The average molecular weight is 361 g/mol. The second-order valence-electron chi connectivity index (χ2n) is 5.18. The molecule has 25 heavy (non-hydrogen) atoms. The third-order valence-electron chi connectivity index (χ3n) is 3.23. The van der Waals surface area contributed by atoms with Crippen molar-refractivity contribution >= 4 is 28.7 Å². The van der Waals surface area contributed by atoms with Gasteiger partial charge in [-0.05, 0) is 24.6 Å². The van der Waals surface area contributed by atoms with Crippen LogP contribution in [-0.2, 0) is 11.3 Å². The van der Waals surface area contributed by atoms with Gasteiger partial charge in [0.2, 0.25) is 5.91 Å². The van der Waals surface area contributed by atoms with Gasteiger partial charge in [-0.15, -0.1) is 0 Å². The van der Waals surface area contributed by atoms with E-state index in [1.54, 1.807) is 13.1 Å². The summed E-state index contributed by atoms with van der Waals surface area (Å²) in [5, 5.41) is 3.87. The van der Waals surface area contributed by atoms with Crippen molar-refractivity contribution in [2.24, 2.45) is 0 Å². The van der Waals surface area contributed by atoms with Gasteiger partial charge in [0.05, 0.1) is 11.1 Å². The van der Waals surface area contributed by atoms with E-state index in [0.29, 0.717) is 27.4 Å². The molecule has 1 N–H and O–H groups in total. The summed E-state index contributed by atoms with van der Waals surface area (Å²) in [4.78, 5) is 28.5. The van der Waals surface area contributed by atoms with E-state index in [1.165, 1.54) is 30.2 Å². The molecule has 3 rings (SSSR count). The Morgan fingerprint density at radius 2 is 1.92 bits per heavy atom. The minimum absolute atomic E-state index is 0.0426. The standard InChI is InChI=1S/C16H13F2N5OS/c1-9-19-6-13-15(23-9)21-8-22-16(13)25-7-14(24)20-5-10-2-11(17)4-12(18)3-10/h2-4,6,8H,5,7H2,1H3,(H,20,24). The molecule has 0 aliphatic carbocycles. The summed E-state index contributed by atoms with van der Waals surface area (Å²) >= 11 is 1.21. The molecular formula is C16H13F2N5OS. The molecule has 0 saturated heterocycles. The smallest absolute Gasteiger partial charge is 0.230 e. The monoisotopic (exact) mass is 361 g/mol.